The summed E-state index contributed by atoms with van der Waals surface area (Å²) in [7, 11) is 1.88. The summed E-state index contributed by atoms with van der Waals surface area (Å²) < 4.78 is 35.6. The summed E-state index contributed by atoms with van der Waals surface area (Å²) in [5.74, 6) is 0.214. The highest BCUT2D eigenvalue weighted by Crippen LogP contribution is 2.42. The zero-order valence-corrected chi connectivity index (χ0v) is 31.0. The molecule has 3 aliphatic heterocycles. The van der Waals surface area contributed by atoms with Crippen LogP contribution in [0.1, 0.15) is 48.3 Å². The zero-order chi connectivity index (χ0) is 37.1. The minimum atomic E-state index is -0.676. The van der Waals surface area contributed by atoms with Crippen LogP contribution in [0.15, 0.2) is 67.6 Å². The zero-order valence-electron chi connectivity index (χ0n) is 30.2. The molecular formula is C39H46F2N10OS. The van der Waals surface area contributed by atoms with Gasteiger partial charge in [-0.2, -0.15) is 0 Å². The summed E-state index contributed by atoms with van der Waals surface area (Å²) in [6.45, 7) is 12.1. The van der Waals surface area contributed by atoms with Crippen LogP contribution < -0.4 is 20.7 Å². The van der Waals surface area contributed by atoms with Crippen molar-refractivity contribution in [2.75, 3.05) is 86.6 Å². The highest BCUT2D eigenvalue weighted by molar-refractivity contribution is 7.98. The summed E-state index contributed by atoms with van der Waals surface area (Å²) in [5, 5.41) is 3.26. The number of fused-ring (bicyclic) bond motifs is 1. The van der Waals surface area contributed by atoms with E-state index in [0.717, 1.165) is 54.9 Å². The molecule has 2 saturated heterocycles. The van der Waals surface area contributed by atoms with Crippen LogP contribution in [0, 0.1) is 11.6 Å². The molecule has 0 radical (unpaired) electrons. The standard InChI is InChI=1S/C39H46F2N10OS/c1-4-48(3)53-47-34-10-9-33(40)36(37(34)41)25(2)32-23-44-38-31(32)19-28(20-43-38)29-21-45-39(46-22-29)51-17-15-50(16-18-51)35(52)24-49-13-11-27(12-14-49)26-5-7-30(42)8-6-26/h5-10,19-22,27,32,47H,2,4,11-18,23-24,42H2,1,3H3,(H,43,44). The quantitative estimate of drug-likeness (QED) is 0.123. The molecule has 1 atom stereocenters. The molecule has 2 aromatic carbocycles. The number of anilines is 4. The van der Waals surface area contributed by atoms with E-state index < -0.39 is 11.6 Å². The highest BCUT2D eigenvalue weighted by Gasteiger charge is 2.31. The van der Waals surface area contributed by atoms with E-state index in [9.17, 15) is 4.79 Å². The van der Waals surface area contributed by atoms with E-state index in [1.165, 1.54) is 29.8 Å². The fourth-order valence-electron chi connectivity index (χ4n) is 7.24. The third-order valence-electron chi connectivity index (χ3n) is 10.6. The van der Waals surface area contributed by atoms with Crippen LogP contribution >= 0.6 is 12.1 Å². The molecular weight excluding hydrogens is 695 g/mol. The average Bonchev–Trinajstić information content (AvgIpc) is 3.62. The minimum absolute atomic E-state index is 0.135. The predicted molar refractivity (Wildman–Crippen MR) is 209 cm³/mol. The van der Waals surface area contributed by atoms with Crippen LogP contribution in [-0.4, -0.2) is 101 Å². The number of nitrogens with zero attached hydrogens (tertiary/aromatic N) is 7. The molecule has 11 nitrogen and oxygen atoms in total. The Labute approximate surface area is 313 Å². The lowest BCUT2D eigenvalue weighted by Crippen LogP contribution is -2.52. The van der Waals surface area contributed by atoms with Crippen molar-refractivity contribution in [1.29, 1.82) is 0 Å². The van der Waals surface area contributed by atoms with Gasteiger partial charge in [0.05, 0.1) is 17.8 Å². The number of rotatable bonds is 11. The SMILES string of the molecule is C=C(c1c(F)ccc(NSN(C)CC)c1F)C1CNc2ncc(-c3cnc(N4CCN(C(=O)CN5CCC(c6ccc(N)cc6)CC5)CC4)nc3)cc21. The number of nitrogens with two attached hydrogens (primary N) is 1. The molecule has 278 valence electrons. The number of hydrogen-bond acceptors (Lipinski definition) is 11. The summed E-state index contributed by atoms with van der Waals surface area (Å²) in [4.78, 5) is 33.5. The van der Waals surface area contributed by atoms with Crippen LogP contribution in [0.5, 0.6) is 0 Å². The summed E-state index contributed by atoms with van der Waals surface area (Å²) in [6.07, 6.45) is 7.35. The average molecular weight is 741 g/mol. The molecule has 0 bridgehead atoms. The van der Waals surface area contributed by atoms with E-state index >= 15 is 8.78 Å². The molecule has 2 fully saturated rings. The van der Waals surface area contributed by atoms with Gasteiger partial charge in [-0.1, -0.05) is 25.6 Å². The molecule has 1 amide bonds. The highest BCUT2D eigenvalue weighted by atomic mass is 32.2. The van der Waals surface area contributed by atoms with Gasteiger partial charge in [0, 0.05) is 98.3 Å². The predicted octanol–water partition coefficient (Wildman–Crippen LogP) is 6.08. The van der Waals surface area contributed by atoms with Crippen LogP contribution in [-0.2, 0) is 4.79 Å². The van der Waals surface area contributed by atoms with Crippen LogP contribution in [0.4, 0.5) is 31.9 Å². The van der Waals surface area contributed by atoms with Gasteiger partial charge in [0.1, 0.15) is 11.6 Å². The van der Waals surface area contributed by atoms with Gasteiger partial charge in [0.2, 0.25) is 11.9 Å². The molecule has 3 aliphatic rings. The van der Waals surface area contributed by atoms with Gasteiger partial charge in [-0.3, -0.25) is 9.69 Å². The smallest absolute Gasteiger partial charge is 0.236 e. The number of amides is 1. The van der Waals surface area contributed by atoms with Gasteiger partial charge in [-0.15, -0.1) is 0 Å². The lowest BCUT2D eigenvalue weighted by atomic mass is 9.88. The van der Waals surface area contributed by atoms with Crippen molar-refractivity contribution in [3.63, 3.8) is 0 Å². The number of nitrogens with one attached hydrogen (secondary N) is 2. The van der Waals surface area contributed by atoms with Crippen LogP contribution in [0.2, 0.25) is 0 Å². The Hall–Kier alpha value is -4.79. The lowest BCUT2D eigenvalue weighted by molar-refractivity contribution is -0.133. The van der Waals surface area contributed by atoms with Crippen molar-refractivity contribution >= 4 is 46.8 Å². The second-order valence-electron chi connectivity index (χ2n) is 13.9. The second-order valence-corrected chi connectivity index (χ2v) is 14.9. The van der Waals surface area contributed by atoms with E-state index in [2.05, 4.69) is 53.5 Å². The maximum atomic E-state index is 15.7. The lowest BCUT2D eigenvalue weighted by Gasteiger charge is -2.37. The number of nitrogen functional groups attached to an aromatic ring is 1. The number of aromatic nitrogens is 3. The molecule has 2 aromatic heterocycles. The van der Waals surface area contributed by atoms with E-state index in [0.29, 0.717) is 62.5 Å². The molecule has 0 spiro atoms. The number of benzene rings is 2. The van der Waals surface area contributed by atoms with Crippen LogP contribution in [0.25, 0.3) is 16.7 Å². The molecule has 0 saturated carbocycles. The topological polar surface area (TPSA) is 119 Å². The minimum Gasteiger partial charge on any atom is -0.399 e. The first-order valence-electron chi connectivity index (χ1n) is 18.2. The summed E-state index contributed by atoms with van der Waals surface area (Å²) in [5.41, 5.74) is 10.7. The Bertz CT molecular complexity index is 1930. The molecule has 0 aliphatic carbocycles. The van der Waals surface area contributed by atoms with Gasteiger partial charge < -0.3 is 25.6 Å². The first kappa shape index (κ1) is 36.6. The van der Waals surface area contributed by atoms with Gasteiger partial charge in [-0.05, 0) is 80.4 Å². The van der Waals surface area contributed by atoms with Gasteiger partial charge >= 0.3 is 0 Å². The number of hydrogen-bond donors (Lipinski definition) is 3. The number of pyridine rings is 1. The fraction of sp³-hybridized carbons (Fsp3) is 0.385. The van der Waals surface area contributed by atoms with E-state index in [4.69, 9.17) is 5.73 Å². The monoisotopic (exact) mass is 740 g/mol. The second kappa shape index (κ2) is 16.1. The first-order valence-corrected chi connectivity index (χ1v) is 18.9. The van der Waals surface area contributed by atoms with Crippen molar-refractivity contribution in [2.45, 2.75) is 31.6 Å². The number of carbonyl (C=O) groups excluding carboxylic acids is 1. The van der Waals surface area contributed by atoms with Crippen molar-refractivity contribution < 1.29 is 13.6 Å². The van der Waals surface area contributed by atoms with Crippen molar-refractivity contribution in [1.82, 2.24) is 29.1 Å². The van der Waals surface area contributed by atoms with Gasteiger partial charge in [-0.25, -0.2) is 28.0 Å². The van der Waals surface area contributed by atoms with Crippen molar-refractivity contribution in [2.24, 2.45) is 0 Å². The van der Waals surface area contributed by atoms with Gasteiger partial charge in [0.25, 0.3) is 0 Å². The Morgan fingerprint density at radius 3 is 2.40 bits per heavy atom. The van der Waals surface area contributed by atoms with Crippen molar-refractivity contribution in [3.05, 3.63) is 96.0 Å². The largest absolute Gasteiger partial charge is 0.399 e. The van der Waals surface area contributed by atoms with Gasteiger partial charge in [0.15, 0.2) is 5.82 Å². The van der Waals surface area contributed by atoms with E-state index in [-0.39, 0.29) is 23.1 Å². The number of halogens is 2. The molecule has 5 heterocycles. The fourth-order valence-corrected chi connectivity index (χ4v) is 7.78. The number of piperidine rings is 1. The Morgan fingerprint density at radius 2 is 1.70 bits per heavy atom. The van der Waals surface area contributed by atoms with Crippen molar-refractivity contribution in [3.8, 4) is 11.1 Å². The summed E-state index contributed by atoms with van der Waals surface area (Å²) in [6, 6.07) is 12.8. The third-order valence-corrected chi connectivity index (χ3v) is 11.5. The Morgan fingerprint density at radius 1 is 1.00 bits per heavy atom. The molecule has 4 aromatic rings. The molecule has 4 N–H and O–H groups in total. The molecule has 7 rings (SSSR count). The molecule has 14 heteroatoms. The first-order chi connectivity index (χ1) is 25.7. The van der Waals surface area contributed by atoms with Crippen LogP contribution in [0.3, 0.4) is 0 Å². The molecule has 1 unspecified atom stereocenters. The number of likely N-dealkylation sites (tertiary alicyclic amines) is 1. The van der Waals surface area contributed by atoms with E-state index in [1.54, 1.807) is 18.6 Å². The Balaban J connectivity index is 0.941. The maximum absolute atomic E-state index is 15.7. The maximum Gasteiger partial charge on any atom is 0.236 e. The number of piperazine rings is 1. The third kappa shape index (κ3) is 8.09. The summed E-state index contributed by atoms with van der Waals surface area (Å²) >= 11 is 1.24. The number of carbonyl (C=O) groups is 1. The molecule has 53 heavy (non-hydrogen) atoms. The normalized spacial score (nSPS) is 17.9. The Kier molecular flexibility index (Phi) is 11.1. The van der Waals surface area contributed by atoms with E-state index in [1.807, 2.05) is 41.4 Å².